The molecule has 7 aromatic heterocycles. The van der Waals surface area contributed by atoms with Crippen molar-refractivity contribution in [3.8, 4) is 0 Å². The maximum absolute atomic E-state index is 13.1. The standard InChI is InChI=1S/C22H33N9O5.C15H20N6O3.C9H13N3O2.2C3H4N2/c1-4-15(19(23)33)29-22(36)18(7-14-9-25-11-27-14)31-20(34)16(5-2)30-21(35)17(28-12(3)32)6-13-8-24-10-26-13;1-9(22)13(3-11-5-16-7-18-11)21-15(24)14(20-10(2)23)4-12-6-17-8-19-12;1-6(13)9(12-7(2)14)3-8-4-10-5-11-8;2*1-2-5-3-4-1/h8-11,15-18H,4-7H2,1-3H3,(H2,23,33)(H,24,26)(H,25,27)(H,28,32)(H,29,36)(H,30,35)(H,31,34);5-8,13-14H,3-4H2,1-2H3,(H,16,18)(H,17,19)(H,20,23)(H,21,24);4-5,9H,3H2,1-2H3,(H,10,11)(H,12,14);2*1-3H,(H,4,5). The number of nitrogens with two attached hydrogens (primary N) is 1. The maximum Gasteiger partial charge on any atom is 0.243 e. The molecule has 32 nitrogen and oxygen atoms in total. The largest absolute Gasteiger partial charge is 0.368 e. The van der Waals surface area contributed by atoms with Gasteiger partial charge >= 0.3 is 0 Å². The number of ketones is 2. The number of nitrogens with one attached hydrogen (secondary N) is 14. The van der Waals surface area contributed by atoms with Crippen molar-refractivity contribution in [1.82, 2.24) is 107 Å². The fraction of sp³-hybridized carbons (Fsp3) is 0.404. The maximum atomic E-state index is 13.1. The molecule has 7 heterocycles. The normalized spacial score (nSPS) is 12.8. The Hall–Kier alpha value is -10.4. The van der Waals surface area contributed by atoms with Crippen molar-refractivity contribution in [2.24, 2.45) is 5.73 Å². The molecule has 0 aliphatic heterocycles. The molecule has 16 N–H and O–H groups in total. The van der Waals surface area contributed by atoms with E-state index < -0.39 is 77.7 Å². The van der Waals surface area contributed by atoms with E-state index in [4.69, 9.17) is 5.73 Å². The van der Waals surface area contributed by atoms with E-state index in [1.54, 1.807) is 76.2 Å². The van der Waals surface area contributed by atoms with Crippen molar-refractivity contribution >= 4 is 58.8 Å². The second kappa shape index (κ2) is 37.5. The highest BCUT2D eigenvalue weighted by Gasteiger charge is 2.31. The molecule has 0 radical (unpaired) electrons. The minimum Gasteiger partial charge on any atom is -0.368 e. The van der Waals surface area contributed by atoms with Crippen LogP contribution in [0.25, 0.3) is 0 Å². The SMILES string of the molecule is CC(=O)NC(Cc1cnc[nH]1)C(=O)NC(Cc1cnc[nH]1)C(C)=O.CC(=O)NC(Cc1cnc[nH]1)C(C)=O.CCC(NC(=O)C(Cc1cnc[nH]1)NC(=O)C(CC)NC(=O)C(Cc1cnc[nH]1)NC(C)=O)C(N)=O.c1c[nH]cn1.c1c[nH]cn1. The number of primary amides is 1. The van der Waals surface area contributed by atoms with E-state index in [1.165, 1.54) is 72.3 Å². The number of hydrogen-bond acceptors (Lipinski definition) is 17. The van der Waals surface area contributed by atoms with E-state index in [9.17, 15) is 47.9 Å². The first-order valence-electron chi connectivity index (χ1n) is 26.2. The van der Waals surface area contributed by atoms with Gasteiger partial charge in [-0.25, -0.2) is 34.9 Å². The third-order valence-electron chi connectivity index (χ3n) is 11.5. The molecule has 7 unspecified atom stereocenters. The molecule has 0 saturated carbocycles. The predicted molar refractivity (Wildman–Crippen MR) is 300 cm³/mol. The van der Waals surface area contributed by atoms with Crippen molar-refractivity contribution in [1.29, 1.82) is 0 Å². The molecule has 0 fully saturated rings. The fourth-order valence-corrected chi connectivity index (χ4v) is 7.28. The molecule has 8 amide bonds. The minimum atomic E-state index is -1.08. The van der Waals surface area contributed by atoms with E-state index in [0.29, 0.717) is 29.9 Å². The molecule has 0 aliphatic rings. The van der Waals surface area contributed by atoms with Gasteiger partial charge < -0.3 is 77.8 Å². The summed E-state index contributed by atoms with van der Waals surface area (Å²) >= 11 is 0. The van der Waals surface area contributed by atoms with Crippen LogP contribution < -0.4 is 43.0 Å². The Balaban J connectivity index is 0.000000326. The Morgan fingerprint density at radius 2 is 0.631 bits per heavy atom. The number of carbonyl (C=O) groups excluding carboxylic acids is 10. The lowest BCUT2D eigenvalue weighted by atomic mass is 10.1. The van der Waals surface area contributed by atoms with E-state index in [2.05, 4.69) is 107 Å². The van der Waals surface area contributed by atoms with Crippen LogP contribution in [0.4, 0.5) is 0 Å². The van der Waals surface area contributed by atoms with Gasteiger partial charge in [-0.05, 0) is 26.7 Å². The average Bonchev–Trinajstić information content (AvgIpc) is 4.32. The Bertz CT molecular complexity index is 2920. The van der Waals surface area contributed by atoms with Gasteiger partial charge in [0.25, 0.3) is 0 Å². The molecule has 452 valence electrons. The molecular formula is C52H74N22O10. The van der Waals surface area contributed by atoms with Crippen LogP contribution in [0.2, 0.25) is 0 Å². The predicted octanol–water partition coefficient (Wildman–Crippen LogP) is -1.46. The summed E-state index contributed by atoms with van der Waals surface area (Å²) in [4.78, 5) is 166. The van der Waals surface area contributed by atoms with Gasteiger partial charge in [0, 0.05) is 137 Å². The van der Waals surface area contributed by atoms with Crippen LogP contribution in [-0.2, 0) is 80.0 Å². The molecule has 0 aliphatic carbocycles. The van der Waals surface area contributed by atoms with Crippen molar-refractivity contribution in [2.45, 2.75) is 136 Å². The number of aromatic nitrogens is 14. The monoisotopic (exact) mass is 1170 g/mol. The van der Waals surface area contributed by atoms with E-state index in [-0.39, 0.29) is 55.5 Å². The van der Waals surface area contributed by atoms with Crippen LogP contribution in [-0.4, -0.2) is 171 Å². The highest BCUT2D eigenvalue weighted by atomic mass is 16.2. The molecule has 7 rings (SSSR count). The summed E-state index contributed by atoms with van der Waals surface area (Å²) in [5.74, 6) is -4.11. The zero-order valence-corrected chi connectivity index (χ0v) is 47.5. The minimum absolute atomic E-state index is 0.0604. The number of aromatic amines is 7. The van der Waals surface area contributed by atoms with Crippen LogP contribution in [0.1, 0.15) is 89.8 Å². The smallest absolute Gasteiger partial charge is 0.243 e. The third-order valence-corrected chi connectivity index (χ3v) is 11.5. The van der Waals surface area contributed by atoms with Crippen LogP contribution in [0, 0.1) is 0 Å². The molecule has 7 aromatic rings. The van der Waals surface area contributed by atoms with Gasteiger partial charge in [-0.3, -0.25) is 47.9 Å². The van der Waals surface area contributed by atoms with Crippen molar-refractivity contribution < 1.29 is 47.9 Å². The average molecular weight is 1170 g/mol. The van der Waals surface area contributed by atoms with Gasteiger partial charge in [-0.15, -0.1) is 0 Å². The van der Waals surface area contributed by atoms with E-state index in [0.717, 1.165) is 11.4 Å². The van der Waals surface area contributed by atoms with Gasteiger partial charge in [-0.1, -0.05) is 13.8 Å². The third kappa shape index (κ3) is 27.2. The van der Waals surface area contributed by atoms with Crippen LogP contribution in [0.15, 0.2) is 100 Å². The van der Waals surface area contributed by atoms with Gasteiger partial charge in [0.15, 0.2) is 11.6 Å². The molecule has 0 bridgehead atoms. The summed E-state index contributed by atoms with van der Waals surface area (Å²) in [6.45, 7) is 10.3. The second-order valence-corrected chi connectivity index (χ2v) is 18.4. The lowest BCUT2D eigenvalue weighted by Crippen LogP contribution is -2.58. The van der Waals surface area contributed by atoms with Gasteiger partial charge in [0.1, 0.15) is 30.2 Å². The van der Waals surface area contributed by atoms with Crippen LogP contribution in [0.5, 0.6) is 0 Å². The zero-order chi connectivity index (χ0) is 61.8. The number of amides is 8. The Morgan fingerprint density at radius 3 is 0.869 bits per heavy atom. The lowest BCUT2D eigenvalue weighted by molar-refractivity contribution is -0.134. The number of nitrogens with zero attached hydrogens (tertiary/aromatic N) is 7. The quantitative estimate of drug-likeness (QED) is 0.0295. The molecule has 84 heavy (non-hydrogen) atoms. The first kappa shape index (κ1) is 67.8. The van der Waals surface area contributed by atoms with Crippen molar-refractivity contribution in [3.63, 3.8) is 0 Å². The highest BCUT2D eigenvalue weighted by Crippen LogP contribution is 2.07. The lowest BCUT2D eigenvalue weighted by Gasteiger charge is -2.25. The first-order chi connectivity index (χ1) is 40.2. The van der Waals surface area contributed by atoms with Crippen molar-refractivity contribution in [2.75, 3.05) is 0 Å². The Morgan fingerprint density at radius 1 is 0.369 bits per heavy atom. The van der Waals surface area contributed by atoms with Gasteiger partial charge in [0.2, 0.25) is 47.3 Å². The van der Waals surface area contributed by atoms with Crippen molar-refractivity contribution in [3.05, 3.63) is 129 Å². The van der Waals surface area contributed by atoms with Crippen LogP contribution >= 0.6 is 0 Å². The van der Waals surface area contributed by atoms with E-state index in [1.807, 2.05) is 0 Å². The number of imidazole rings is 7. The summed E-state index contributed by atoms with van der Waals surface area (Å²) in [6.07, 6.45) is 27.1. The number of carbonyl (C=O) groups is 10. The topological polar surface area (TPSA) is 482 Å². The molecular weight excluding hydrogens is 1090 g/mol. The summed E-state index contributed by atoms with van der Waals surface area (Å²) in [7, 11) is 0. The molecule has 32 heteroatoms. The van der Waals surface area contributed by atoms with Gasteiger partial charge in [-0.2, -0.15) is 0 Å². The number of Topliss-reactive ketones (excluding diaryl/α,β-unsaturated/α-hetero) is 2. The fourth-order valence-electron chi connectivity index (χ4n) is 7.28. The molecule has 0 spiro atoms. The molecule has 7 atom stereocenters. The summed E-state index contributed by atoms with van der Waals surface area (Å²) in [5.41, 5.74) is 8.80. The number of H-pyrrole nitrogens is 7. The Labute approximate surface area is 482 Å². The summed E-state index contributed by atoms with van der Waals surface area (Å²) < 4.78 is 0. The Kier molecular flexibility index (Phi) is 30.3. The zero-order valence-electron chi connectivity index (χ0n) is 47.5. The molecule has 0 saturated heterocycles. The van der Waals surface area contributed by atoms with Crippen LogP contribution in [0.3, 0.4) is 0 Å². The number of hydrogen-bond donors (Lipinski definition) is 15. The second-order valence-electron chi connectivity index (χ2n) is 18.4. The highest BCUT2D eigenvalue weighted by molar-refractivity contribution is 5.96. The molecule has 0 aromatic carbocycles. The number of rotatable bonds is 26. The summed E-state index contributed by atoms with van der Waals surface area (Å²) in [5, 5.41) is 18.2. The summed E-state index contributed by atoms with van der Waals surface area (Å²) in [6, 6.07) is -5.88. The van der Waals surface area contributed by atoms with E-state index >= 15 is 0 Å². The van der Waals surface area contributed by atoms with Gasteiger partial charge in [0.05, 0.1) is 56.4 Å². The first-order valence-corrected chi connectivity index (χ1v) is 26.2.